The number of carbonyl (C=O) groups is 1. The van der Waals surface area contributed by atoms with Crippen LogP contribution in [0.15, 0.2) is 0 Å². The van der Waals surface area contributed by atoms with E-state index < -0.39 is 0 Å². The SMILES string of the molecule is NC(=S)CCN(C(=O)NC1CCC1)C1CC1. The molecule has 2 fully saturated rings. The van der Waals surface area contributed by atoms with Gasteiger partial charge < -0.3 is 16.0 Å². The van der Waals surface area contributed by atoms with Gasteiger partial charge in [-0.3, -0.25) is 0 Å². The third-order valence-corrected chi connectivity index (χ3v) is 3.48. The van der Waals surface area contributed by atoms with Crippen LogP contribution in [0.2, 0.25) is 0 Å². The van der Waals surface area contributed by atoms with Crippen molar-refractivity contribution in [1.82, 2.24) is 10.2 Å². The van der Waals surface area contributed by atoms with Gasteiger partial charge in [-0.25, -0.2) is 4.79 Å². The minimum Gasteiger partial charge on any atom is -0.393 e. The molecule has 0 bridgehead atoms. The van der Waals surface area contributed by atoms with Gasteiger partial charge in [-0.15, -0.1) is 0 Å². The van der Waals surface area contributed by atoms with Gasteiger partial charge in [0, 0.05) is 25.0 Å². The molecular weight excluding hydrogens is 222 g/mol. The van der Waals surface area contributed by atoms with Crippen molar-refractivity contribution in [3.8, 4) is 0 Å². The van der Waals surface area contributed by atoms with Crippen LogP contribution in [0.1, 0.15) is 38.5 Å². The van der Waals surface area contributed by atoms with Gasteiger partial charge >= 0.3 is 6.03 Å². The highest BCUT2D eigenvalue weighted by atomic mass is 32.1. The number of carbonyl (C=O) groups excluding carboxylic acids is 1. The fourth-order valence-electron chi connectivity index (χ4n) is 1.88. The summed E-state index contributed by atoms with van der Waals surface area (Å²) in [6.45, 7) is 0.665. The molecule has 16 heavy (non-hydrogen) atoms. The lowest BCUT2D eigenvalue weighted by atomic mass is 9.93. The molecule has 5 heteroatoms. The Morgan fingerprint density at radius 1 is 1.38 bits per heavy atom. The summed E-state index contributed by atoms with van der Waals surface area (Å²) in [5.41, 5.74) is 5.47. The molecule has 0 heterocycles. The third kappa shape index (κ3) is 3.07. The highest BCUT2D eigenvalue weighted by Gasteiger charge is 2.33. The molecular formula is C11H19N3OS. The second kappa shape index (κ2) is 4.99. The summed E-state index contributed by atoms with van der Waals surface area (Å²) in [5.74, 6) is 0. The Bertz CT molecular complexity index is 287. The predicted molar refractivity (Wildman–Crippen MR) is 67.3 cm³/mol. The second-order valence-corrected chi connectivity index (χ2v) is 5.24. The van der Waals surface area contributed by atoms with Crippen molar-refractivity contribution in [2.45, 2.75) is 50.6 Å². The predicted octanol–water partition coefficient (Wildman–Crippen LogP) is 1.39. The van der Waals surface area contributed by atoms with Crippen LogP contribution in [0.25, 0.3) is 0 Å². The lowest BCUT2D eigenvalue weighted by Crippen LogP contribution is -2.48. The number of nitrogens with one attached hydrogen (secondary N) is 1. The van der Waals surface area contributed by atoms with Crippen molar-refractivity contribution in [2.24, 2.45) is 5.73 Å². The second-order valence-electron chi connectivity index (χ2n) is 4.72. The van der Waals surface area contributed by atoms with Crippen molar-refractivity contribution in [1.29, 1.82) is 0 Å². The maximum Gasteiger partial charge on any atom is 0.317 e. The molecule has 2 aliphatic carbocycles. The van der Waals surface area contributed by atoms with Crippen molar-refractivity contribution in [3.05, 3.63) is 0 Å². The number of nitrogens with zero attached hydrogens (tertiary/aromatic N) is 1. The number of rotatable bonds is 5. The molecule has 2 saturated carbocycles. The van der Waals surface area contributed by atoms with E-state index in [1.165, 1.54) is 6.42 Å². The zero-order valence-electron chi connectivity index (χ0n) is 9.45. The number of thiocarbonyl (C=S) groups is 1. The smallest absolute Gasteiger partial charge is 0.317 e. The molecule has 0 aromatic carbocycles. The number of urea groups is 1. The first-order valence-corrected chi connectivity index (χ1v) is 6.43. The van der Waals surface area contributed by atoms with E-state index in [1.54, 1.807) is 0 Å². The summed E-state index contributed by atoms with van der Waals surface area (Å²) < 4.78 is 0. The van der Waals surface area contributed by atoms with Gasteiger partial charge in [-0.05, 0) is 32.1 Å². The summed E-state index contributed by atoms with van der Waals surface area (Å²) in [7, 11) is 0. The molecule has 4 nitrogen and oxygen atoms in total. The average Bonchev–Trinajstić information content (AvgIpc) is 2.95. The van der Waals surface area contributed by atoms with Crippen molar-refractivity contribution >= 4 is 23.2 Å². The van der Waals surface area contributed by atoms with E-state index in [9.17, 15) is 4.79 Å². The van der Waals surface area contributed by atoms with E-state index in [0.717, 1.165) is 25.7 Å². The van der Waals surface area contributed by atoms with Crippen LogP contribution in [0.4, 0.5) is 4.79 Å². The summed E-state index contributed by atoms with van der Waals surface area (Å²) in [4.78, 5) is 14.4. The van der Waals surface area contributed by atoms with Crippen molar-refractivity contribution in [2.75, 3.05) is 6.54 Å². The fourth-order valence-corrected chi connectivity index (χ4v) is 1.97. The number of nitrogens with two attached hydrogens (primary N) is 1. The van der Waals surface area contributed by atoms with E-state index in [2.05, 4.69) is 5.32 Å². The molecule has 0 spiro atoms. The number of hydrogen-bond donors (Lipinski definition) is 2. The van der Waals surface area contributed by atoms with Crippen LogP contribution in [-0.4, -0.2) is 34.5 Å². The Morgan fingerprint density at radius 3 is 2.50 bits per heavy atom. The molecule has 2 aliphatic rings. The molecule has 0 saturated heterocycles. The standard InChI is InChI=1S/C11H19N3OS/c12-10(16)6-7-14(9-4-5-9)11(15)13-8-2-1-3-8/h8-9H,1-7H2,(H2,12,16)(H,13,15). The van der Waals surface area contributed by atoms with Crippen molar-refractivity contribution < 1.29 is 4.79 Å². The maximum absolute atomic E-state index is 12.0. The number of amides is 2. The molecule has 0 unspecified atom stereocenters. The lowest BCUT2D eigenvalue weighted by Gasteiger charge is -2.30. The molecule has 0 atom stereocenters. The minimum atomic E-state index is 0.0726. The van der Waals surface area contributed by atoms with Gasteiger partial charge in [-0.2, -0.15) is 0 Å². The quantitative estimate of drug-likeness (QED) is 0.715. The topological polar surface area (TPSA) is 58.4 Å². The number of hydrogen-bond acceptors (Lipinski definition) is 2. The van der Waals surface area contributed by atoms with E-state index in [4.69, 9.17) is 18.0 Å². The zero-order chi connectivity index (χ0) is 11.5. The first-order chi connectivity index (χ1) is 7.66. The Balaban J connectivity index is 1.80. The third-order valence-electron chi connectivity index (χ3n) is 3.28. The highest BCUT2D eigenvalue weighted by Crippen LogP contribution is 2.27. The lowest BCUT2D eigenvalue weighted by molar-refractivity contribution is 0.185. The van der Waals surface area contributed by atoms with Gasteiger partial charge in [0.2, 0.25) is 0 Å². The van der Waals surface area contributed by atoms with Gasteiger partial charge in [0.15, 0.2) is 0 Å². The largest absolute Gasteiger partial charge is 0.393 e. The van der Waals surface area contributed by atoms with E-state index >= 15 is 0 Å². The van der Waals surface area contributed by atoms with Crippen LogP contribution in [-0.2, 0) is 0 Å². The van der Waals surface area contributed by atoms with Gasteiger partial charge in [0.25, 0.3) is 0 Å². The summed E-state index contributed by atoms with van der Waals surface area (Å²) >= 11 is 4.85. The Hall–Kier alpha value is -0.840. The first kappa shape index (κ1) is 11.6. The average molecular weight is 241 g/mol. The molecule has 0 aliphatic heterocycles. The zero-order valence-corrected chi connectivity index (χ0v) is 10.3. The molecule has 0 aromatic heterocycles. The molecule has 3 N–H and O–H groups in total. The molecule has 2 rings (SSSR count). The van der Waals surface area contributed by atoms with E-state index in [1.807, 2.05) is 4.90 Å². The minimum absolute atomic E-state index is 0.0726. The molecule has 0 radical (unpaired) electrons. The molecule has 0 aromatic rings. The summed E-state index contributed by atoms with van der Waals surface area (Å²) in [6, 6.07) is 0.899. The maximum atomic E-state index is 12.0. The van der Waals surface area contributed by atoms with Crippen LogP contribution in [0, 0.1) is 0 Å². The summed E-state index contributed by atoms with van der Waals surface area (Å²) in [5, 5.41) is 3.06. The van der Waals surface area contributed by atoms with Gasteiger partial charge in [0.05, 0.1) is 4.99 Å². The van der Waals surface area contributed by atoms with E-state index in [0.29, 0.717) is 30.0 Å². The Labute approximate surface area is 102 Å². The Morgan fingerprint density at radius 2 is 2.06 bits per heavy atom. The van der Waals surface area contributed by atoms with Gasteiger partial charge in [0.1, 0.15) is 0 Å². The summed E-state index contributed by atoms with van der Waals surface area (Å²) in [6.07, 6.45) is 6.36. The fraction of sp³-hybridized carbons (Fsp3) is 0.818. The molecule has 2 amide bonds. The van der Waals surface area contributed by atoms with E-state index in [-0.39, 0.29) is 6.03 Å². The normalized spacial score (nSPS) is 20.0. The van der Waals surface area contributed by atoms with Gasteiger partial charge in [-0.1, -0.05) is 12.2 Å². The van der Waals surface area contributed by atoms with Crippen molar-refractivity contribution in [3.63, 3.8) is 0 Å². The highest BCUT2D eigenvalue weighted by molar-refractivity contribution is 7.80. The molecule has 90 valence electrons. The van der Waals surface area contributed by atoms with Crippen LogP contribution in [0.3, 0.4) is 0 Å². The first-order valence-electron chi connectivity index (χ1n) is 6.02. The van der Waals surface area contributed by atoms with Crippen LogP contribution >= 0.6 is 12.2 Å². The monoisotopic (exact) mass is 241 g/mol. The Kier molecular flexibility index (Phi) is 3.63. The van der Waals surface area contributed by atoms with Crippen LogP contribution < -0.4 is 11.1 Å². The van der Waals surface area contributed by atoms with Crippen LogP contribution in [0.5, 0.6) is 0 Å².